The first-order chi connectivity index (χ1) is 9.59. The Hall–Kier alpha value is -1.48. The fraction of sp³-hybridized carbons (Fsp3) is 0.455. The number of pyridine rings is 1. The third kappa shape index (κ3) is 4.01. The number of hydrogen-bond acceptors (Lipinski definition) is 7. The van der Waals surface area contributed by atoms with Crippen LogP contribution in [0.4, 0.5) is 0 Å². The monoisotopic (exact) mass is 313 g/mol. The zero-order valence-electron chi connectivity index (χ0n) is 11.0. The Morgan fingerprint density at radius 3 is 2.80 bits per heavy atom. The standard InChI is InChI=1S/C11H15N5O2S2/c1-16-11(13-14-15-16)20(17,18)9-5-4-8-19-10-6-2-3-7-12-10/h2-3,6-7H,4-5,8-9H2,1H3. The summed E-state index contributed by atoms with van der Waals surface area (Å²) in [7, 11) is -1.87. The van der Waals surface area contributed by atoms with Gasteiger partial charge in [-0.05, 0) is 41.2 Å². The number of unbranched alkanes of at least 4 members (excludes halogenated alkanes) is 1. The largest absolute Gasteiger partial charge is 0.267 e. The van der Waals surface area contributed by atoms with Crippen LogP contribution in [-0.2, 0) is 16.9 Å². The average molecular weight is 313 g/mol. The summed E-state index contributed by atoms with van der Waals surface area (Å²) in [6, 6.07) is 5.74. The molecule has 0 atom stereocenters. The van der Waals surface area contributed by atoms with Gasteiger partial charge in [0.05, 0.1) is 10.8 Å². The van der Waals surface area contributed by atoms with Gasteiger partial charge in [0.15, 0.2) is 0 Å². The van der Waals surface area contributed by atoms with Gasteiger partial charge in [-0.1, -0.05) is 11.2 Å². The molecule has 7 nitrogen and oxygen atoms in total. The molecule has 2 rings (SSSR count). The molecule has 0 radical (unpaired) electrons. The molecule has 0 fully saturated rings. The van der Waals surface area contributed by atoms with E-state index < -0.39 is 9.84 Å². The van der Waals surface area contributed by atoms with Crippen molar-refractivity contribution in [2.24, 2.45) is 7.05 Å². The minimum absolute atomic E-state index is 0.0595. The molecule has 0 N–H and O–H groups in total. The molecular formula is C11H15N5O2S2. The van der Waals surface area contributed by atoms with Crippen molar-refractivity contribution in [3.05, 3.63) is 24.4 Å². The van der Waals surface area contributed by atoms with Gasteiger partial charge in [-0.2, -0.15) is 0 Å². The summed E-state index contributed by atoms with van der Waals surface area (Å²) in [6.45, 7) is 0. The van der Waals surface area contributed by atoms with Crippen molar-refractivity contribution in [2.75, 3.05) is 11.5 Å². The molecule has 0 bridgehead atoms. The topological polar surface area (TPSA) is 90.6 Å². The number of sulfone groups is 1. The quantitative estimate of drug-likeness (QED) is 0.555. The Bertz CT molecular complexity index is 642. The maximum absolute atomic E-state index is 12.0. The lowest BCUT2D eigenvalue weighted by molar-refractivity contribution is 0.566. The number of nitrogens with zero attached hydrogens (tertiary/aromatic N) is 5. The first-order valence-electron chi connectivity index (χ1n) is 6.08. The summed E-state index contributed by atoms with van der Waals surface area (Å²) in [5.74, 6) is 0.896. The fourth-order valence-electron chi connectivity index (χ4n) is 1.58. The number of rotatable bonds is 7. The van der Waals surface area contributed by atoms with Gasteiger partial charge >= 0.3 is 0 Å². The number of aryl methyl sites for hydroxylation is 1. The smallest absolute Gasteiger partial charge is 0.250 e. The van der Waals surface area contributed by atoms with Gasteiger partial charge in [0.2, 0.25) is 9.84 Å². The molecule has 2 aromatic heterocycles. The van der Waals surface area contributed by atoms with Crippen LogP contribution in [0.2, 0.25) is 0 Å². The fourth-order valence-corrected chi connectivity index (χ4v) is 3.81. The minimum atomic E-state index is -3.39. The van der Waals surface area contributed by atoms with Crippen LogP contribution in [0.1, 0.15) is 12.8 Å². The van der Waals surface area contributed by atoms with Crippen molar-refractivity contribution >= 4 is 21.6 Å². The molecule has 2 heterocycles. The molecule has 0 aliphatic rings. The zero-order valence-corrected chi connectivity index (χ0v) is 12.6. The number of thioether (sulfide) groups is 1. The van der Waals surface area contributed by atoms with E-state index in [-0.39, 0.29) is 10.9 Å². The van der Waals surface area contributed by atoms with Crippen LogP contribution in [-0.4, -0.2) is 45.1 Å². The highest BCUT2D eigenvalue weighted by Crippen LogP contribution is 2.16. The highest BCUT2D eigenvalue weighted by molar-refractivity contribution is 7.99. The highest BCUT2D eigenvalue weighted by atomic mass is 32.2. The molecule has 108 valence electrons. The maximum Gasteiger partial charge on any atom is 0.267 e. The van der Waals surface area contributed by atoms with E-state index in [4.69, 9.17) is 0 Å². The maximum atomic E-state index is 12.0. The van der Waals surface area contributed by atoms with E-state index in [0.29, 0.717) is 6.42 Å². The van der Waals surface area contributed by atoms with Crippen LogP contribution in [0.15, 0.2) is 34.6 Å². The molecule has 0 aliphatic heterocycles. The molecule has 0 unspecified atom stereocenters. The molecule has 2 aromatic rings. The summed E-state index contributed by atoms with van der Waals surface area (Å²) < 4.78 is 25.1. The molecule has 0 spiro atoms. The van der Waals surface area contributed by atoms with Gasteiger partial charge in [-0.15, -0.1) is 11.8 Å². The van der Waals surface area contributed by atoms with E-state index in [1.54, 1.807) is 18.0 Å². The molecule has 0 aliphatic carbocycles. The first-order valence-corrected chi connectivity index (χ1v) is 8.72. The van der Waals surface area contributed by atoms with Crippen LogP contribution in [0, 0.1) is 0 Å². The number of tetrazole rings is 1. The van der Waals surface area contributed by atoms with Gasteiger partial charge in [-0.25, -0.2) is 18.1 Å². The van der Waals surface area contributed by atoms with Crippen molar-refractivity contribution < 1.29 is 8.42 Å². The third-order valence-electron chi connectivity index (χ3n) is 2.55. The summed E-state index contributed by atoms with van der Waals surface area (Å²) in [5.41, 5.74) is 0. The molecule has 9 heteroatoms. The van der Waals surface area contributed by atoms with Gasteiger partial charge in [0.1, 0.15) is 0 Å². The van der Waals surface area contributed by atoms with E-state index in [2.05, 4.69) is 20.5 Å². The van der Waals surface area contributed by atoms with E-state index in [0.717, 1.165) is 17.2 Å². The minimum Gasteiger partial charge on any atom is -0.250 e. The van der Waals surface area contributed by atoms with Gasteiger partial charge in [0, 0.05) is 13.2 Å². The molecule has 0 saturated heterocycles. The second-order valence-electron chi connectivity index (χ2n) is 4.13. The van der Waals surface area contributed by atoms with Crippen LogP contribution >= 0.6 is 11.8 Å². The lowest BCUT2D eigenvalue weighted by Gasteiger charge is -2.02. The molecule has 0 amide bonds. The second kappa shape index (κ2) is 6.80. The summed E-state index contributed by atoms with van der Waals surface area (Å²) in [4.78, 5) is 4.19. The van der Waals surface area contributed by atoms with Crippen molar-refractivity contribution in [1.29, 1.82) is 0 Å². The van der Waals surface area contributed by atoms with Gasteiger partial charge < -0.3 is 0 Å². The summed E-state index contributed by atoms with van der Waals surface area (Å²) in [6.07, 6.45) is 3.12. The number of hydrogen-bond donors (Lipinski definition) is 0. The number of aromatic nitrogens is 5. The van der Waals surface area contributed by atoms with E-state index >= 15 is 0 Å². The van der Waals surface area contributed by atoms with Crippen LogP contribution in [0.25, 0.3) is 0 Å². The first kappa shape index (κ1) is 14.9. The SMILES string of the molecule is Cn1nnnc1S(=O)(=O)CCCCSc1ccccn1. The molecule has 0 saturated carbocycles. The lowest BCUT2D eigenvalue weighted by Crippen LogP contribution is -2.13. The van der Waals surface area contributed by atoms with E-state index in [1.165, 1.54) is 11.7 Å². The summed E-state index contributed by atoms with van der Waals surface area (Å²) >= 11 is 1.62. The normalized spacial score (nSPS) is 11.7. The van der Waals surface area contributed by atoms with Crippen LogP contribution < -0.4 is 0 Å². The Morgan fingerprint density at radius 1 is 1.30 bits per heavy atom. The second-order valence-corrected chi connectivity index (χ2v) is 7.25. The van der Waals surface area contributed by atoms with Crippen LogP contribution in [0.3, 0.4) is 0 Å². The van der Waals surface area contributed by atoms with E-state index in [9.17, 15) is 8.42 Å². The highest BCUT2D eigenvalue weighted by Gasteiger charge is 2.20. The third-order valence-corrected chi connectivity index (χ3v) is 5.31. The van der Waals surface area contributed by atoms with Crippen LogP contribution in [0.5, 0.6) is 0 Å². The molecule has 20 heavy (non-hydrogen) atoms. The summed E-state index contributed by atoms with van der Waals surface area (Å²) in [5, 5.41) is 11.3. The van der Waals surface area contributed by atoms with Crippen molar-refractivity contribution in [1.82, 2.24) is 25.2 Å². The Labute approximate surface area is 121 Å². The van der Waals surface area contributed by atoms with Gasteiger partial charge in [-0.3, -0.25) is 0 Å². The van der Waals surface area contributed by atoms with Gasteiger partial charge in [0.25, 0.3) is 5.16 Å². The Morgan fingerprint density at radius 2 is 2.15 bits per heavy atom. The molecular weight excluding hydrogens is 298 g/mol. The zero-order chi connectivity index (χ0) is 14.4. The average Bonchev–Trinajstić information content (AvgIpc) is 2.86. The predicted octanol–water partition coefficient (Wildman–Crippen LogP) is 0.951. The van der Waals surface area contributed by atoms with Crippen molar-refractivity contribution in [3.8, 4) is 0 Å². The molecule has 0 aromatic carbocycles. The van der Waals surface area contributed by atoms with Crippen molar-refractivity contribution in [3.63, 3.8) is 0 Å². The van der Waals surface area contributed by atoms with Crippen molar-refractivity contribution in [2.45, 2.75) is 23.0 Å². The predicted molar refractivity (Wildman–Crippen MR) is 75.0 cm³/mol. The van der Waals surface area contributed by atoms with E-state index in [1.807, 2.05) is 18.2 Å². The Kier molecular flexibility index (Phi) is 5.07. The lowest BCUT2D eigenvalue weighted by atomic mass is 10.4. The Balaban J connectivity index is 1.75.